The molecule has 8 nitrogen and oxygen atoms in total. The molecule has 6 N–H and O–H groups in total. The number of unbranched alkanes of at least 4 members (excludes halogenated alkanes) is 9. The first-order valence-electron chi connectivity index (χ1n) is 13.5. The molecule has 0 aliphatic carbocycles. The molecule has 8 heteroatoms. The van der Waals surface area contributed by atoms with E-state index in [4.69, 9.17) is 9.47 Å². The summed E-state index contributed by atoms with van der Waals surface area (Å²) < 4.78 is 11.0. The van der Waals surface area contributed by atoms with Gasteiger partial charge in [0, 0.05) is 0 Å². The molecule has 3 unspecified atom stereocenters. The molecule has 0 aromatic heterocycles. The summed E-state index contributed by atoms with van der Waals surface area (Å²) in [5.41, 5.74) is 0. The van der Waals surface area contributed by atoms with Crippen molar-refractivity contribution in [3.8, 4) is 0 Å². The van der Waals surface area contributed by atoms with Crippen molar-refractivity contribution in [1.82, 2.24) is 0 Å². The summed E-state index contributed by atoms with van der Waals surface area (Å²) in [4.78, 5) is 0. The maximum Gasteiger partial charge on any atom is 0.187 e. The molecule has 0 spiro atoms. The summed E-state index contributed by atoms with van der Waals surface area (Å²) in [6, 6.07) is 0. The summed E-state index contributed by atoms with van der Waals surface area (Å²) in [6.45, 7) is 1.16. The van der Waals surface area contributed by atoms with Crippen molar-refractivity contribution in [2.24, 2.45) is 0 Å². The van der Waals surface area contributed by atoms with Crippen LogP contribution in [0.25, 0.3) is 0 Å². The predicted octanol–water partition coefficient (Wildman–Crippen LogP) is 2.73. The van der Waals surface area contributed by atoms with Crippen LogP contribution in [0.4, 0.5) is 0 Å². The van der Waals surface area contributed by atoms with E-state index in [0.717, 1.165) is 38.5 Å². The minimum Gasteiger partial charge on any atom is -0.394 e. The summed E-state index contributed by atoms with van der Waals surface area (Å²) >= 11 is 0. The van der Waals surface area contributed by atoms with E-state index < -0.39 is 56.1 Å². The Hall–Kier alpha value is -0.840. The van der Waals surface area contributed by atoms with Crippen LogP contribution in [0.5, 0.6) is 0 Å². The molecule has 0 saturated carbocycles. The van der Waals surface area contributed by atoms with Gasteiger partial charge in [-0.1, -0.05) is 76.2 Å². The van der Waals surface area contributed by atoms with Crippen molar-refractivity contribution >= 4 is 0 Å². The van der Waals surface area contributed by atoms with E-state index in [1.54, 1.807) is 0 Å². The number of aliphatic hydroxyl groups excluding tert-OH is 6. The van der Waals surface area contributed by atoms with E-state index in [1.165, 1.54) is 38.5 Å². The van der Waals surface area contributed by atoms with Gasteiger partial charge in [-0.2, -0.15) is 0 Å². The minimum atomic E-state index is -1.54. The Morgan fingerprint density at radius 1 is 0.771 bits per heavy atom. The third-order valence-corrected chi connectivity index (χ3v) is 6.46. The number of ether oxygens (including phenoxy) is 2. The SMILES string of the molecule is CCCCCC=CCC=CCCCCCCCCC(OC1O[C@H](CO)[C@H](O)[C@H](O)[C@H]1O)C(O)CO. The zero-order valence-electron chi connectivity index (χ0n) is 21.5. The van der Waals surface area contributed by atoms with E-state index in [9.17, 15) is 30.6 Å². The highest BCUT2D eigenvalue weighted by atomic mass is 16.7. The van der Waals surface area contributed by atoms with Gasteiger partial charge in [0.2, 0.25) is 0 Å². The first kappa shape index (κ1) is 32.2. The van der Waals surface area contributed by atoms with Crippen molar-refractivity contribution in [2.45, 2.75) is 133 Å². The van der Waals surface area contributed by atoms with Crippen LogP contribution >= 0.6 is 0 Å². The molecule has 0 radical (unpaired) electrons. The fourth-order valence-corrected chi connectivity index (χ4v) is 4.15. The molecule has 1 rings (SSSR count). The van der Waals surface area contributed by atoms with Crippen LogP contribution in [-0.4, -0.2) is 86.8 Å². The topological polar surface area (TPSA) is 140 Å². The smallest absolute Gasteiger partial charge is 0.187 e. The monoisotopic (exact) mass is 502 g/mol. The molecule has 0 aromatic carbocycles. The first-order chi connectivity index (χ1) is 17.0. The fraction of sp³-hybridized carbons (Fsp3) is 0.852. The van der Waals surface area contributed by atoms with Crippen LogP contribution in [-0.2, 0) is 9.47 Å². The van der Waals surface area contributed by atoms with Gasteiger partial charge in [-0.05, 0) is 38.5 Å². The van der Waals surface area contributed by atoms with E-state index in [-0.39, 0.29) is 0 Å². The van der Waals surface area contributed by atoms with Crippen LogP contribution in [0.1, 0.15) is 90.4 Å². The maximum atomic E-state index is 10.1. The third-order valence-electron chi connectivity index (χ3n) is 6.46. The highest BCUT2D eigenvalue weighted by molar-refractivity contribution is 4.93. The molecule has 0 aromatic rings. The molecule has 206 valence electrons. The summed E-state index contributed by atoms with van der Waals surface area (Å²) in [7, 11) is 0. The van der Waals surface area contributed by atoms with Crippen molar-refractivity contribution in [2.75, 3.05) is 13.2 Å². The van der Waals surface area contributed by atoms with E-state index >= 15 is 0 Å². The second-order valence-corrected chi connectivity index (χ2v) is 9.49. The molecular formula is C27H50O8. The Bertz CT molecular complexity index is 553. The van der Waals surface area contributed by atoms with Crippen molar-refractivity contribution in [3.63, 3.8) is 0 Å². The number of allylic oxidation sites excluding steroid dienone is 4. The van der Waals surface area contributed by atoms with Crippen LogP contribution in [0.3, 0.4) is 0 Å². The average molecular weight is 503 g/mol. The number of hydrogen-bond donors (Lipinski definition) is 6. The summed E-state index contributed by atoms with van der Waals surface area (Å²) in [6.07, 6.45) is 14.0. The van der Waals surface area contributed by atoms with E-state index in [0.29, 0.717) is 6.42 Å². The second kappa shape index (κ2) is 20.2. The largest absolute Gasteiger partial charge is 0.394 e. The minimum absolute atomic E-state index is 0.450. The lowest BCUT2D eigenvalue weighted by molar-refractivity contribution is -0.318. The zero-order chi connectivity index (χ0) is 25.9. The highest BCUT2D eigenvalue weighted by Gasteiger charge is 2.45. The molecule has 7 atom stereocenters. The lowest BCUT2D eigenvalue weighted by atomic mass is 9.99. The van der Waals surface area contributed by atoms with Crippen LogP contribution in [0.15, 0.2) is 24.3 Å². The van der Waals surface area contributed by atoms with E-state index in [1.807, 2.05) is 0 Å². The Morgan fingerprint density at radius 2 is 1.37 bits per heavy atom. The summed E-state index contributed by atoms with van der Waals surface area (Å²) in [5.74, 6) is 0. The maximum absolute atomic E-state index is 10.1. The Balaban J connectivity index is 2.19. The summed E-state index contributed by atoms with van der Waals surface area (Å²) in [5, 5.41) is 58.7. The van der Waals surface area contributed by atoms with Gasteiger partial charge in [-0.25, -0.2) is 0 Å². The van der Waals surface area contributed by atoms with Gasteiger partial charge in [0.25, 0.3) is 0 Å². The van der Waals surface area contributed by atoms with Gasteiger partial charge in [-0.15, -0.1) is 0 Å². The molecule has 0 bridgehead atoms. The Kier molecular flexibility index (Phi) is 18.6. The normalized spacial score (nSPS) is 27.1. The quantitative estimate of drug-likeness (QED) is 0.110. The van der Waals surface area contributed by atoms with Gasteiger partial charge in [-0.3, -0.25) is 0 Å². The predicted molar refractivity (Wildman–Crippen MR) is 136 cm³/mol. The molecule has 35 heavy (non-hydrogen) atoms. The van der Waals surface area contributed by atoms with Gasteiger partial charge in [0.05, 0.1) is 19.3 Å². The van der Waals surface area contributed by atoms with Crippen LogP contribution < -0.4 is 0 Å². The molecule has 1 heterocycles. The van der Waals surface area contributed by atoms with Crippen LogP contribution in [0.2, 0.25) is 0 Å². The number of aliphatic hydroxyl groups is 6. The zero-order valence-corrected chi connectivity index (χ0v) is 21.5. The molecule has 1 fully saturated rings. The lowest BCUT2D eigenvalue weighted by Gasteiger charge is -2.41. The van der Waals surface area contributed by atoms with Gasteiger partial charge >= 0.3 is 0 Å². The highest BCUT2D eigenvalue weighted by Crippen LogP contribution is 2.25. The molecule has 1 aliphatic heterocycles. The second-order valence-electron chi connectivity index (χ2n) is 9.49. The number of hydrogen-bond acceptors (Lipinski definition) is 8. The fourth-order valence-electron chi connectivity index (χ4n) is 4.15. The molecular weight excluding hydrogens is 452 g/mol. The Morgan fingerprint density at radius 3 is 1.97 bits per heavy atom. The third kappa shape index (κ3) is 13.3. The van der Waals surface area contributed by atoms with Gasteiger partial charge in [0.15, 0.2) is 6.29 Å². The average Bonchev–Trinajstić information content (AvgIpc) is 2.87. The Labute approximate surface area is 211 Å². The van der Waals surface area contributed by atoms with Gasteiger partial charge in [0.1, 0.15) is 30.5 Å². The number of rotatable bonds is 20. The molecule has 1 saturated heterocycles. The van der Waals surface area contributed by atoms with E-state index in [2.05, 4.69) is 31.2 Å². The molecule has 1 aliphatic rings. The van der Waals surface area contributed by atoms with Crippen LogP contribution in [0, 0.1) is 0 Å². The van der Waals surface area contributed by atoms with Gasteiger partial charge < -0.3 is 40.1 Å². The first-order valence-corrected chi connectivity index (χ1v) is 13.5. The van der Waals surface area contributed by atoms with Crippen molar-refractivity contribution in [1.29, 1.82) is 0 Å². The van der Waals surface area contributed by atoms with Crippen molar-refractivity contribution < 1.29 is 40.1 Å². The molecule has 0 amide bonds. The standard InChI is InChI=1S/C27H50O8/c1-2-3-4-5-6-7-8-9-10-11-12-13-14-15-16-17-18-22(21(30)19-28)34-27-26(33)25(32)24(31)23(20-29)35-27/h6-7,9-10,21-33H,2-5,8,11-20H2,1H3/t21?,22?,23-,24+,25+,26-,27?/m1/s1. The lowest BCUT2D eigenvalue weighted by Crippen LogP contribution is -2.60. The van der Waals surface area contributed by atoms with Crippen molar-refractivity contribution in [3.05, 3.63) is 24.3 Å².